The van der Waals surface area contributed by atoms with Crippen LogP contribution in [0.3, 0.4) is 0 Å². The molecule has 0 saturated carbocycles. The van der Waals surface area contributed by atoms with Crippen LogP contribution in [-0.4, -0.2) is 48.5 Å². The highest BCUT2D eigenvalue weighted by Gasteiger charge is 2.23. The minimum absolute atomic E-state index is 0.0757. The van der Waals surface area contributed by atoms with E-state index in [-0.39, 0.29) is 24.4 Å². The number of nitrogens with one attached hydrogen (secondary N) is 1. The molecule has 1 N–H and O–H groups in total. The molecule has 0 fully saturated rings. The first-order chi connectivity index (χ1) is 12.7. The highest BCUT2D eigenvalue weighted by molar-refractivity contribution is 7.15. The third-order valence-electron chi connectivity index (χ3n) is 4.07. The van der Waals surface area contributed by atoms with E-state index < -0.39 is 0 Å². The molecule has 0 aliphatic carbocycles. The summed E-state index contributed by atoms with van der Waals surface area (Å²) in [6.45, 7) is 7.48. The summed E-state index contributed by atoms with van der Waals surface area (Å²) in [6, 6.07) is 4.79. The van der Waals surface area contributed by atoms with E-state index >= 15 is 0 Å². The van der Waals surface area contributed by atoms with Crippen LogP contribution >= 0.6 is 11.3 Å². The summed E-state index contributed by atoms with van der Waals surface area (Å²) in [5.74, 6) is 0.462. The lowest BCUT2D eigenvalue weighted by Crippen LogP contribution is -2.42. The van der Waals surface area contributed by atoms with Gasteiger partial charge in [0.1, 0.15) is 18.0 Å². The molecule has 2 rings (SSSR count). The van der Waals surface area contributed by atoms with Gasteiger partial charge in [0, 0.05) is 22.5 Å². The molecule has 0 aliphatic heterocycles. The van der Waals surface area contributed by atoms with Gasteiger partial charge in [-0.05, 0) is 39.8 Å². The molecule has 0 aliphatic rings. The number of aryl methyl sites for hydroxylation is 2. The number of thiazole rings is 1. The van der Waals surface area contributed by atoms with Crippen molar-refractivity contribution in [3.05, 3.63) is 34.3 Å². The van der Waals surface area contributed by atoms with Crippen molar-refractivity contribution in [3.63, 3.8) is 0 Å². The number of aromatic nitrogens is 1. The Kier molecular flexibility index (Phi) is 6.79. The third-order valence-corrected chi connectivity index (χ3v) is 5.06. The van der Waals surface area contributed by atoms with E-state index in [4.69, 9.17) is 9.47 Å². The lowest BCUT2D eigenvalue weighted by molar-refractivity contribution is -0.117. The first kappa shape index (κ1) is 20.7. The predicted octanol–water partition coefficient (Wildman–Crippen LogP) is 3.27. The molecule has 0 atom stereocenters. The zero-order chi connectivity index (χ0) is 20.1. The molecule has 27 heavy (non-hydrogen) atoms. The maximum Gasteiger partial charge on any atom is 0.254 e. The molecule has 0 radical (unpaired) electrons. The Morgan fingerprint density at radius 2 is 1.74 bits per heavy atom. The van der Waals surface area contributed by atoms with Crippen LogP contribution in [0.2, 0.25) is 0 Å². The van der Waals surface area contributed by atoms with Gasteiger partial charge < -0.3 is 19.7 Å². The Morgan fingerprint density at radius 3 is 2.19 bits per heavy atom. The number of rotatable bonds is 7. The second kappa shape index (κ2) is 8.85. The second-order valence-electron chi connectivity index (χ2n) is 6.34. The predicted molar refractivity (Wildman–Crippen MR) is 106 cm³/mol. The van der Waals surface area contributed by atoms with Gasteiger partial charge in [-0.3, -0.25) is 9.59 Å². The molecular formula is C19H25N3O4S. The lowest BCUT2D eigenvalue weighted by Gasteiger charge is -2.26. The Hall–Kier alpha value is -2.61. The van der Waals surface area contributed by atoms with Crippen molar-refractivity contribution in [2.75, 3.05) is 26.1 Å². The Morgan fingerprint density at radius 1 is 1.15 bits per heavy atom. The van der Waals surface area contributed by atoms with Crippen LogP contribution in [0, 0.1) is 13.8 Å². The number of methoxy groups -OCH3 is 2. The molecule has 8 heteroatoms. The molecule has 0 saturated heterocycles. The molecule has 1 aromatic heterocycles. The van der Waals surface area contributed by atoms with E-state index in [0.717, 1.165) is 10.6 Å². The van der Waals surface area contributed by atoms with Crippen molar-refractivity contribution >= 4 is 28.3 Å². The third kappa shape index (κ3) is 5.19. The minimum atomic E-state index is -0.291. The van der Waals surface area contributed by atoms with Crippen molar-refractivity contribution in [3.8, 4) is 11.5 Å². The van der Waals surface area contributed by atoms with Crippen molar-refractivity contribution < 1.29 is 19.1 Å². The molecule has 146 valence electrons. The molecule has 1 aromatic carbocycles. The van der Waals surface area contributed by atoms with Gasteiger partial charge in [0.05, 0.1) is 19.9 Å². The van der Waals surface area contributed by atoms with Crippen LogP contribution in [-0.2, 0) is 4.79 Å². The first-order valence-electron chi connectivity index (χ1n) is 8.53. The molecule has 7 nitrogen and oxygen atoms in total. The molecule has 2 amide bonds. The summed E-state index contributed by atoms with van der Waals surface area (Å²) >= 11 is 1.41. The second-order valence-corrected chi connectivity index (χ2v) is 7.54. The van der Waals surface area contributed by atoms with Crippen LogP contribution in [0.25, 0.3) is 0 Å². The van der Waals surface area contributed by atoms with Crippen molar-refractivity contribution in [2.45, 2.75) is 33.7 Å². The fourth-order valence-corrected chi connectivity index (χ4v) is 3.26. The largest absolute Gasteiger partial charge is 0.497 e. The Bertz CT molecular complexity index is 791. The maximum atomic E-state index is 13.0. The van der Waals surface area contributed by atoms with Crippen molar-refractivity contribution in [1.29, 1.82) is 0 Å². The number of hydrogen-bond acceptors (Lipinski definition) is 6. The monoisotopic (exact) mass is 391 g/mol. The average Bonchev–Trinajstić information content (AvgIpc) is 2.95. The van der Waals surface area contributed by atoms with Crippen LogP contribution in [0.4, 0.5) is 5.13 Å². The molecule has 1 heterocycles. The minimum Gasteiger partial charge on any atom is -0.497 e. The Labute approximate surface area is 163 Å². The van der Waals surface area contributed by atoms with Gasteiger partial charge in [0.25, 0.3) is 5.91 Å². The quantitative estimate of drug-likeness (QED) is 0.783. The van der Waals surface area contributed by atoms with E-state index in [1.54, 1.807) is 18.2 Å². The number of carbonyl (C=O) groups is 2. The summed E-state index contributed by atoms with van der Waals surface area (Å²) in [6.07, 6.45) is 0. The number of carbonyl (C=O) groups excluding carboxylic acids is 2. The lowest BCUT2D eigenvalue weighted by atomic mass is 10.1. The van der Waals surface area contributed by atoms with Crippen LogP contribution in [0.15, 0.2) is 18.2 Å². The fraction of sp³-hybridized carbons (Fsp3) is 0.421. The van der Waals surface area contributed by atoms with E-state index in [1.807, 2.05) is 27.7 Å². The maximum absolute atomic E-state index is 13.0. The Balaban J connectivity index is 2.18. The summed E-state index contributed by atoms with van der Waals surface area (Å²) < 4.78 is 10.4. The van der Waals surface area contributed by atoms with Gasteiger partial charge in [-0.2, -0.15) is 0 Å². The molecule has 2 aromatic rings. The van der Waals surface area contributed by atoms with Crippen LogP contribution in [0.5, 0.6) is 11.5 Å². The molecule has 0 spiro atoms. The van der Waals surface area contributed by atoms with Gasteiger partial charge in [-0.25, -0.2) is 4.98 Å². The number of amides is 2. The number of benzene rings is 1. The summed E-state index contributed by atoms with van der Waals surface area (Å²) in [5, 5.41) is 3.30. The fourth-order valence-electron chi connectivity index (χ4n) is 2.43. The number of anilines is 1. The van der Waals surface area contributed by atoms with Crippen LogP contribution < -0.4 is 14.8 Å². The molecule has 0 unspecified atom stereocenters. The summed E-state index contributed by atoms with van der Waals surface area (Å²) in [5.41, 5.74) is 1.28. The first-order valence-corrected chi connectivity index (χ1v) is 9.34. The highest BCUT2D eigenvalue weighted by Crippen LogP contribution is 2.24. The van der Waals surface area contributed by atoms with Gasteiger partial charge >= 0.3 is 0 Å². The zero-order valence-corrected chi connectivity index (χ0v) is 17.3. The normalized spacial score (nSPS) is 10.6. The standard InChI is InChI=1S/C19H25N3O4S/c1-11(2)22(10-17(23)21-19-20-12(3)13(4)27-19)18(24)14-7-15(25-5)9-16(8-14)26-6/h7-9,11H,10H2,1-6H3,(H,20,21,23). The van der Waals surface area contributed by atoms with Crippen molar-refractivity contribution in [2.24, 2.45) is 0 Å². The smallest absolute Gasteiger partial charge is 0.254 e. The van der Waals surface area contributed by atoms with E-state index in [0.29, 0.717) is 22.2 Å². The zero-order valence-electron chi connectivity index (χ0n) is 16.5. The SMILES string of the molecule is COc1cc(OC)cc(C(=O)N(CC(=O)Nc2nc(C)c(C)s2)C(C)C)c1. The van der Waals surface area contributed by atoms with Gasteiger partial charge in [0.15, 0.2) is 5.13 Å². The van der Waals surface area contributed by atoms with E-state index in [1.165, 1.54) is 30.5 Å². The van der Waals surface area contributed by atoms with Gasteiger partial charge in [0.2, 0.25) is 5.91 Å². The number of hydrogen-bond donors (Lipinski definition) is 1. The van der Waals surface area contributed by atoms with E-state index in [9.17, 15) is 9.59 Å². The van der Waals surface area contributed by atoms with Gasteiger partial charge in [-0.1, -0.05) is 0 Å². The van der Waals surface area contributed by atoms with E-state index in [2.05, 4.69) is 10.3 Å². The topological polar surface area (TPSA) is 80.8 Å². The highest BCUT2D eigenvalue weighted by atomic mass is 32.1. The average molecular weight is 391 g/mol. The van der Waals surface area contributed by atoms with Gasteiger partial charge in [-0.15, -0.1) is 11.3 Å². The van der Waals surface area contributed by atoms with Crippen molar-refractivity contribution in [1.82, 2.24) is 9.88 Å². The molecule has 0 bridgehead atoms. The number of ether oxygens (including phenoxy) is 2. The summed E-state index contributed by atoms with van der Waals surface area (Å²) in [7, 11) is 3.05. The number of nitrogens with zero attached hydrogens (tertiary/aromatic N) is 2. The summed E-state index contributed by atoms with van der Waals surface area (Å²) in [4.78, 5) is 32.3. The molecular weight excluding hydrogens is 366 g/mol. The van der Waals surface area contributed by atoms with Crippen LogP contribution in [0.1, 0.15) is 34.8 Å².